The van der Waals surface area contributed by atoms with Gasteiger partial charge in [0.05, 0.1) is 5.52 Å². The molecule has 8 heteroatoms. The number of primary amides is 1. The predicted octanol–water partition coefficient (Wildman–Crippen LogP) is 2.25. The molecule has 21 heavy (non-hydrogen) atoms. The van der Waals surface area contributed by atoms with Gasteiger partial charge in [-0.15, -0.1) is 13.2 Å². The summed E-state index contributed by atoms with van der Waals surface area (Å²) in [5.41, 5.74) is 6.61. The average molecular weight is 299 g/mol. The Hall–Kier alpha value is -2.06. The minimum Gasteiger partial charge on any atom is -0.351 e. The smallest absolute Gasteiger partial charge is 0.351 e. The van der Waals surface area contributed by atoms with Gasteiger partial charge in [0.25, 0.3) is 0 Å². The van der Waals surface area contributed by atoms with Gasteiger partial charge in [0, 0.05) is 29.6 Å². The number of hydrogen-bond donors (Lipinski definition) is 2. The third kappa shape index (κ3) is 2.36. The zero-order chi connectivity index (χ0) is 15.2. The molecule has 0 spiro atoms. The highest BCUT2D eigenvalue weighted by Crippen LogP contribution is 2.37. The standard InChI is InChI=1S/C13H12F3N3O2/c14-13(15,16)21-11-10-7-3-1-2-4-8(7)19(12(17)20)9(10)5-6-18-11/h1-4,11,18H,5-6H2,(H2,17,20). The van der Waals surface area contributed by atoms with E-state index in [2.05, 4.69) is 10.1 Å². The number of halogens is 3. The van der Waals surface area contributed by atoms with Gasteiger partial charge < -0.3 is 5.73 Å². The maximum Gasteiger partial charge on any atom is 0.524 e. The van der Waals surface area contributed by atoms with Crippen LogP contribution in [0.2, 0.25) is 0 Å². The molecule has 112 valence electrons. The molecule has 3 N–H and O–H groups in total. The molecule has 1 aromatic heterocycles. The van der Waals surface area contributed by atoms with Crippen LogP contribution in [0.4, 0.5) is 18.0 Å². The van der Waals surface area contributed by atoms with E-state index < -0.39 is 18.6 Å². The summed E-state index contributed by atoms with van der Waals surface area (Å²) in [5.74, 6) is 0. The first kappa shape index (κ1) is 13.9. The van der Waals surface area contributed by atoms with E-state index in [1.807, 2.05) is 0 Å². The number of alkyl halides is 3. The lowest BCUT2D eigenvalue weighted by atomic mass is 10.0. The number of para-hydroxylation sites is 1. The van der Waals surface area contributed by atoms with Crippen LogP contribution in [-0.2, 0) is 11.2 Å². The maximum atomic E-state index is 12.5. The van der Waals surface area contributed by atoms with Crippen LogP contribution in [0.25, 0.3) is 10.9 Å². The Bertz CT molecular complexity index is 708. The zero-order valence-corrected chi connectivity index (χ0v) is 10.8. The maximum absolute atomic E-state index is 12.5. The van der Waals surface area contributed by atoms with E-state index in [9.17, 15) is 18.0 Å². The van der Waals surface area contributed by atoms with Crippen LogP contribution < -0.4 is 11.1 Å². The molecule has 3 rings (SSSR count). The second-order valence-electron chi connectivity index (χ2n) is 4.70. The van der Waals surface area contributed by atoms with Gasteiger partial charge in [-0.25, -0.2) is 4.79 Å². The van der Waals surface area contributed by atoms with Gasteiger partial charge in [0.15, 0.2) is 0 Å². The monoisotopic (exact) mass is 299 g/mol. The van der Waals surface area contributed by atoms with Crippen molar-refractivity contribution in [2.24, 2.45) is 5.73 Å². The van der Waals surface area contributed by atoms with Gasteiger partial charge in [-0.2, -0.15) is 0 Å². The van der Waals surface area contributed by atoms with Crippen molar-refractivity contribution >= 4 is 16.9 Å². The van der Waals surface area contributed by atoms with E-state index >= 15 is 0 Å². The number of aromatic nitrogens is 1. The van der Waals surface area contributed by atoms with Crippen molar-refractivity contribution in [2.75, 3.05) is 6.54 Å². The Morgan fingerprint density at radius 3 is 2.76 bits per heavy atom. The summed E-state index contributed by atoms with van der Waals surface area (Å²) in [6.45, 7) is 0.261. The molecule has 1 amide bonds. The molecule has 1 aromatic carbocycles. The van der Waals surface area contributed by atoms with Crippen molar-refractivity contribution in [3.05, 3.63) is 35.5 Å². The van der Waals surface area contributed by atoms with E-state index in [4.69, 9.17) is 5.73 Å². The van der Waals surface area contributed by atoms with Gasteiger partial charge >= 0.3 is 12.4 Å². The van der Waals surface area contributed by atoms with Gasteiger partial charge in [-0.3, -0.25) is 14.6 Å². The fourth-order valence-electron chi connectivity index (χ4n) is 2.77. The first-order valence-corrected chi connectivity index (χ1v) is 6.28. The van der Waals surface area contributed by atoms with Crippen LogP contribution in [-0.4, -0.2) is 23.5 Å². The van der Waals surface area contributed by atoms with E-state index in [1.54, 1.807) is 24.3 Å². The minimum absolute atomic E-state index is 0.261. The van der Waals surface area contributed by atoms with Gasteiger partial charge in [0.1, 0.15) is 6.23 Å². The number of fused-ring (bicyclic) bond motifs is 3. The first-order chi connectivity index (χ1) is 9.88. The highest BCUT2D eigenvalue weighted by molar-refractivity contribution is 5.95. The van der Waals surface area contributed by atoms with Crippen LogP contribution in [0.5, 0.6) is 0 Å². The van der Waals surface area contributed by atoms with Crippen molar-refractivity contribution in [1.82, 2.24) is 9.88 Å². The van der Waals surface area contributed by atoms with Gasteiger partial charge in [-0.05, 0) is 6.07 Å². The molecule has 0 fully saturated rings. The Labute approximate surface area is 117 Å². The number of benzene rings is 1. The number of carbonyl (C=O) groups excluding carboxylic acids is 1. The largest absolute Gasteiger partial charge is 0.524 e. The molecule has 5 nitrogen and oxygen atoms in total. The second-order valence-corrected chi connectivity index (χ2v) is 4.70. The Morgan fingerprint density at radius 2 is 2.10 bits per heavy atom. The highest BCUT2D eigenvalue weighted by atomic mass is 19.4. The van der Waals surface area contributed by atoms with Crippen molar-refractivity contribution < 1.29 is 22.7 Å². The number of nitrogens with two attached hydrogens (primary N) is 1. The van der Waals surface area contributed by atoms with E-state index in [0.29, 0.717) is 28.6 Å². The van der Waals surface area contributed by atoms with Crippen molar-refractivity contribution in [1.29, 1.82) is 0 Å². The molecule has 1 atom stereocenters. The minimum atomic E-state index is -4.78. The van der Waals surface area contributed by atoms with E-state index in [1.165, 1.54) is 4.57 Å². The Kier molecular flexibility index (Phi) is 3.14. The van der Waals surface area contributed by atoms with Crippen molar-refractivity contribution in [3.8, 4) is 0 Å². The summed E-state index contributed by atoms with van der Waals surface area (Å²) in [4.78, 5) is 11.6. The molecule has 0 saturated heterocycles. The molecule has 0 saturated carbocycles. The van der Waals surface area contributed by atoms with Crippen LogP contribution in [0.1, 0.15) is 17.5 Å². The molecule has 0 radical (unpaired) electrons. The van der Waals surface area contributed by atoms with Gasteiger partial charge in [0.2, 0.25) is 0 Å². The third-order valence-corrected chi connectivity index (χ3v) is 3.44. The number of nitrogens with one attached hydrogen (secondary N) is 1. The normalized spacial score (nSPS) is 18.7. The molecule has 1 unspecified atom stereocenters. The van der Waals surface area contributed by atoms with Crippen molar-refractivity contribution in [3.63, 3.8) is 0 Å². The quantitative estimate of drug-likeness (QED) is 0.848. The Balaban J connectivity index is 2.23. The molecule has 0 aliphatic carbocycles. The molecular formula is C13H12F3N3O2. The molecule has 0 bridgehead atoms. The summed E-state index contributed by atoms with van der Waals surface area (Å²) < 4.78 is 43.0. The lowest BCUT2D eigenvalue weighted by molar-refractivity contribution is -0.349. The number of ether oxygens (including phenoxy) is 1. The number of nitrogens with zero attached hydrogens (tertiary/aromatic N) is 1. The summed E-state index contributed by atoms with van der Waals surface area (Å²) in [6, 6.07) is 5.95. The zero-order valence-electron chi connectivity index (χ0n) is 10.8. The topological polar surface area (TPSA) is 69.3 Å². The summed E-state index contributed by atoms with van der Waals surface area (Å²) in [5, 5.41) is 3.19. The molecule has 2 aromatic rings. The SMILES string of the molecule is NC(=O)n1c2c(c3ccccc31)C(OC(F)(F)F)NCC2. The summed E-state index contributed by atoms with van der Waals surface area (Å²) in [7, 11) is 0. The molecular weight excluding hydrogens is 287 g/mol. The van der Waals surface area contributed by atoms with E-state index in [0.717, 1.165) is 0 Å². The molecule has 1 aliphatic rings. The fourth-order valence-corrected chi connectivity index (χ4v) is 2.77. The highest BCUT2D eigenvalue weighted by Gasteiger charge is 2.38. The second kappa shape index (κ2) is 4.74. The number of hydrogen-bond acceptors (Lipinski definition) is 3. The summed E-state index contributed by atoms with van der Waals surface area (Å²) in [6.07, 6.45) is -5.73. The first-order valence-electron chi connectivity index (χ1n) is 6.28. The number of amides is 1. The van der Waals surface area contributed by atoms with Crippen molar-refractivity contribution in [2.45, 2.75) is 19.0 Å². The van der Waals surface area contributed by atoms with Crippen LogP contribution >= 0.6 is 0 Å². The fraction of sp³-hybridized carbons (Fsp3) is 0.308. The lowest BCUT2D eigenvalue weighted by Gasteiger charge is -2.26. The molecule has 2 heterocycles. The summed E-state index contributed by atoms with van der Waals surface area (Å²) >= 11 is 0. The predicted molar refractivity (Wildman–Crippen MR) is 68.5 cm³/mol. The van der Waals surface area contributed by atoms with Crippen LogP contribution in [0.15, 0.2) is 24.3 Å². The Morgan fingerprint density at radius 1 is 1.38 bits per heavy atom. The third-order valence-electron chi connectivity index (χ3n) is 3.44. The number of carbonyl (C=O) groups is 1. The van der Waals surface area contributed by atoms with Crippen LogP contribution in [0.3, 0.4) is 0 Å². The average Bonchev–Trinajstić information content (AvgIpc) is 2.72. The van der Waals surface area contributed by atoms with Gasteiger partial charge in [-0.1, -0.05) is 18.2 Å². The van der Waals surface area contributed by atoms with E-state index in [-0.39, 0.29) is 6.54 Å². The number of rotatable bonds is 1. The lowest BCUT2D eigenvalue weighted by Crippen LogP contribution is -2.36. The van der Waals surface area contributed by atoms with Crippen LogP contribution in [0, 0.1) is 0 Å². The molecule has 1 aliphatic heterocycles.